The Bertz CT molecular complexity index is 1300. The van der Waals surface area contributed by atoms with Crippen LogP contribution in [-0.2, 0) is 17.6 Å². The minimum atomic E-state index is -4.59. The maximum Gasteiger partial charge on any atom is 0.418 e. The van der Waals surface area contributed by atoms with Gasteiger partial charge in [-0.05, 0) is 60.9 Å². The summed E-state index contributed by atoms with van der Waals surface area (Å²) in [5.74, 6) is -0.447. The molecule has 1 aliphatic rings. The van der Waals surface area contributed by atoms with Crippen LogP contribution in [-0.4, -0.2) is 34.8 Å². The van der Waals surface area contributed by atoms with Crippen LogP contribution in [0.1, 0.15) is 37.1 Å². The topological polar surface area (TPSA) is 77.8 Å². The maximum absolute atomic E-state index is 13.8. The van der Waals surface area contributed by atoms with Crippen LogP contribution in [0.4, 0.5) is 30.2 Å². The van der Waals surface area contributed by atoms with E-state index in [-0.39, 0.29) is 36.1 Å². The first kappa shape index (κ1) is 24.4. The molecule has 0 fully saturated rings. The lowest BCUT2D eigenvalue weighted by molar-refractivity contribution is -0.137. The number of anilines is 2. The van der Waals surface area contributed by atoms with Gasteiger partial charge in [-0.25, -0.2) is 0 Å². The minimum absolute atomic E-state index is 0.00688. The molecule has 1 amide bonds. The molecular weight excluding hydrogens is 457 g/mol. The van der Waals surface area contributed by atoms with Gasteiger partial charge >= 0.3 is 6.18 Å². The van der Waals surface area contributed by atoms with E-state index in [1.807, 2.05) is 24.3 Å². The molecule has 0 saturated heterocycles. The number of carbonyl (C=O) groups excluding carboxylic acids is 1. The first-order chi connectivity index (χ1) is 16.6. The van der Waals surface area contributed by atoms with Crippen LogP contribution >= 0.6 is 0 Å². The van der Waals surface area contributed by atoms with E-state index in [0.29, 0.717) is 17.0 Å². The number of aliphatic hydroxyl groups excluding tert-OH is 1. The zero-order valence-electron chi connectivity index (χ0n) is 19.5. The number of aliphatic hydroxyl groups is 1. The van der Waals surface area contributed by atoms with Gasteiger partial charge in [-0.1, -0.05) is 18.2 Å². The highest BCUT2D eigenvalue weighted by Gasteiger charge is 2.36. The van der Waals surface area contributed by atoms with Gasteiger partial charge in [-0.2, -0.15) is 13.2 Å². The fraction of sp³-hybridized carbons (Fsp3) is 0.269. The van der Waals surface area contributed by atoms with Crippen LogP contribution < -0.4 is 10.2 Å². The van der Waals surface area contributed by atoms with Crippen molar-refractivity contribution in [3.8, 4) is 11.1 Å². The Morgan fingerprint density at radius 1 is 1.09 bits per heavy atom. The number of benzene rings is 2. The summed E-state index contributed by atoms with van der Waals surface area (Å²) in [6, 6.07) is 13.1. The molecule has 0 radical (unpaired) electrons. The molecular formula is C26H25F3N4O2. The van der Waals surface area contributed by atoms with Gasteiger partial charge in [0, 0.05) is 19.3 Å². The third kappa shape index (κ3) is 5.19. The van der Waals surface area contributed by atoms with Gasteiger partial charge in [0.15, 0.2) is 0 Å². The van der Waals surface area contributed by atoms with Gasteiger partial charge in [-0.3, -0.25) is 14.8 Å². The Hall–Kier alpha value is -3.72. The molecule has 0 atom stereocenters. The lowest BCUT2D eigenvalue weighted by atomic mass is 9.99. The zero-order chi connectivity index (χ0) is 25.3. The van der Waals surface area contributed by atoms with Crippen molar-refractivity contribution in [2.24, 2.45) is 4.99 Å². The highest BCUT2D eigenvalue weighted by atomic mass is 19.4. The van der Waals surface area contributed by atoms with E-state index in [0.717, 1.165) is 17.2 Å². The molecule has 6 nitrogen and oxygen atoms in total. The van der Waals surface area contributed by atoms with E-state index in [1.54, 1.807) is 39.2 Å². The molecule has 4 rings (SSSR count). The van der Waals surface area contributed by atoms with Gasteiger partial charge in [0.2, 0.25) is 5.91 Å². The van der Waals surface area contributed by atoms with Crippen molar-refractivity contribution < 1.29 is 23.1 Å². The third-order valence-corrected chi connectivity index (χ3v) is 5.94. The SMILES string of the molecule is CC(C)N(C)c1cc2c(cc1C(F)(F)F)NC(=O)CC(c1cccc(-c3ccnc(CO)c3)c1)=N2. The maximum atomic E-state index is 13.8. The lowest BCUT2D eigenvalue weighted by Crippen LogP contribution is -2.28. The standard InChI is InChI=1S/C26H25F3N4O2/c1-15(2)33(3)24-12-23-22(11-20(24)26(27,28)29)32-25(35)13-21(31-23)18-6-4-5-16(9-18)17-7-8-30-19(10-17)14-34/h4-12,15,34H,13-14H2,1-3H3,(H,32,35). The summed E-state index contributed by atoms with van der Waals surface area (Å²) in [6.45, 7) is 3.41. The molecule has 182 valence electrons. The predicted molar refractivity (Wildman–Crippen MR) is 130 cm³/mol. The van der Waals surface area contributed by atoms with Crippen LogP contribution in [0.2, 0.25) is 0 Å². The van der Waals surface area contributed by atoms with Crippen molar-refractivity contribution in [3.05, 3.63) is 71.5 Å². The molecule has 0 unspecified atom stereocenters. The highest BCUT2D eigenvalue weighted by molar-refractivity contribution is 6.17. The van der Waals surface area contributed by atoms with E-state index in [9.17, 15) is 23.1 Å². The number of fused-ring (bicyclic) bond motifs is 1. The highest BCUT2D eigenvalue weighted by Crippen LogP contribution is 2.43. The largest absolute Gasteiger partial charge is 0.418 e. The quantitative estimate of drug-likeness (QED) is 0.499. The van der Waals surface area contributed by atoms with Crippen molar-refractivity contribution in [3.63, 3.8) is 0 Å². The zero-order valence-corrected chi connectivity index (χ0v) is 19.5. The van der Waals surface area contributed by atoms with Crippen LogP contribution in [0.5, 0.6) is 0 Å². The lowest BCUT2D eigenvalue weighted by Gasteiger charge is -2.28. The average molecular weight is 483 g/mol. The summed E-state index contributed by atoms with van der Waals surface area (Å²) in [4.78, 5) is 22.9. The van der Waals surface area contributed by atoms with Crippen LogP contribution in [0, 0.1) is 0 Å². The van der Waals surface area contributed by atoms with E-state index >= 15 is 0 Å². The number of hydrogen-bond acceptors (Lipinski definition) is 5. The Morgan fingerprint density at radius 2 is 1.80 bits per heavy atom. The number of alkyl halides is 3. The molecule has 0 aliphatic carbocycles. The second-order valence-corrected chi connectivity index (χ2v) is 8.65. The fourth-order valence-corrected chi connectivity index (χ4v) is 3.89. The second-order valence-electron chi connectivity index (χ2n) is 8.65. The van der Waals surface area contributed by atoms with Crippen molar-refractivity contribution in [1.29, 1.82) is 0 Å². The number of nitrogens with zero attached hydrogens (tertiary/aromatic N) is 3. The van der Waals surface area contributed by atoms with Crippen LogP contribution in [0.3, 0.4) is 0 Å². The first-order valence-corrected chi connectivity index (χ1v) is 11.1. The Kier molecular flexibility index (Phi) is 6.62. The molecule has 3 aromatic rings. The number of pyridine rings is 1. The summed E-state index contributed by atoms with van der Waals surface area (Å²) in [5.41, 5.74) is 2.76. The van der Waals surface area contributed by atoms with Crippen LogP contribution in [0.15, 0.2) is 59.7 Å². The van der Waals surface area contributed by atoms with Crippen molar-refractivity contribution in [1.82, 2.24) is 4.98 Å². The molecule has 1 aliphatic heterocycles. The number of nitrogens with one attached hydrogen (secondary N) is 1. The smallest absolute Gasteiger partial charge is 0.390 e. The molecule has 9 heteroatoms. The Balaban J connectivity index is 1.83. The number of aliphatic imine (C=N–C) groups is 1. The van der Waals surface area contributed by atoms with Gasteiger partial charge in [0.25, 0.3) is 0 Å². The van der Waals surface area contributed by atoms with Crippen molar-refractivity contribution in [2.75, 3.05) is 17.3 Å². The molecule has 2 aromatic carbocycles. The third-order valence-electron chi connectivity index (χ3n) is 5.94. The molecule has 2 N–H and O–H groups in total. The fourth-order valence-electron chi connectivity index (χ4n) is 3.89. The molecule has 0 saturated carbocycles. The van der Waals surface area contributed by atoms with Gasteiger partial charge in [0.1, 0.15) is 0 Å². The average Bonchev–Trinajstić information content (AvgIpc) is 2.99. The predicted octanol–water partition coefficient (Wildman–Crippen LogP) is 5.57. The van der Waals surface area contributed by atoms with Gasteiger partial charge < -0.3 is 15.3 Å². The summed E-state index contributed by atoms with van der Waals surface area (Å²) in [7, 11) is 1.60. The van der Waals surface area contributed by atoms with E-state index in [4.69, 9.17) is 0 Å². The Morgan fingerprint density at radius 3 is 2.49 bits per heavy atom. The first-order valence-electron chi connectivity index (χ1n) is 11.1. The summed E-state index contributed by atoms with van der Waals surface area (Å²) in [5, 5.41) is 12.0. The summed E-state index contributed by atoms with van der Waals surface area (Å²) < 4.78 is 41.5. The number of aromatic nitrogens is 1. The van der Waals surface area contributed by atoms with E-state index in [1.165, 1.54) is 11.0 Å². The second kappa shape index (κ2) is 9.50. The van der Waals surface area contributed by atoms with E-state index in [2.05, 4.69) is 15.3 Å². The number of halogens is 3. The minimum Gasteiger partial charge on any atom is -0.390 e. The van der Waals surface area contributed by atoms with Crippen LogP contribution in [0.25, 0.3) is 11.1 Å². The number of hydrogen-bond donors (Lipinski definition) is 2. The number of rotatable bonds is 5. The van der Waals surface area contributed by atoms with Gasteiger partial charge in [0.05, 0.1) is 47.1 Å². The number of carbonyl (C=O) groups is 1. The summed E-state index contributed by atoms with van der Waals surface area (Å²) in [6.07, 6.45) is -3.08. The molecule has 0 bridgehead atoms. The molecule has 0 spiro atoms. The summed E-state index contributed by atoms with van der Waals surface area (Å²) >= 11 is 0. The normalized spacial score (nSPS) is 13.7. The van der Waals surface area contributed by atoms with Gasteiger partial charge in [-0.15, -0.1) is 0 Å². The van der Waals surface area contributed by atoms with Crippen molar-refractivity contribution in [2.45, 2.75) is 39.1 Å². The molecule has 35 heavy (non-hydrogen) atoms. The Labute approximate surface area is 201 Å². The molecule has 1 aromatic heterocycles. The monoisotopic (exact) mass is 482 g/mol. The van der Waals surface area contributed by atoms with Crippen molar-refractivity contribution >= 4 is 28.7 Å². The number of amides is 1. The van der Waals surface area contributed by atoms with E-state index < -0.39 is 17.6 Å². The molecule has 2 heterocycles.